The monoisotopic (exact) mass is 476 g/mol. The second-order valence-corrected chi connectivity index (χ2v) is 8.56. The molecule has 2 N–H and O–H groups in total. The number of hydrogen-bond donors (Lipinski definition) is 2. The average Bonchev–Trinajstić information content (AvgIpc) is 3.05. The number of amides is 1. The summed E-state index contributed by atoms with van der Waals surface area (Å²) in [6.45, 7) is 1.19. The van der Waals surface area contributed by atoms with Gasteiger partial charge in [0.05, 0.1) is 21.9 Å². The Morgan fingerprint density at radius 1 is 1.42 bits per heavy atom. The maximum atomic E-state index is 12.9. The normalized spacial score (nSPS) is 21.4. The number of aliphatic hydroxyl groups is 1. The van der Waals surface area contributed by atoms with E-state index < -0.39 is 18.1 Å². The lowest BCUT2D eigenvalue weighted by Gasteiger charge is -2.34. The number of nitrogens with one attached hydrogen (secondary N) is 1. The standard InChI is InChI=1S/C20H24Cl2F2N4O3/c1-3-28-17(12-9-25-14(21)8-13(12)31-19(23)24)15(22)16(27-28)18(29)26-10-20(30)6-4-11(2)5-7-20/h8-9,11,19,30H,3-7,10H2,1-2H3,(H,26,29). The van der Waals surface area contributed by atoms with Crippen molar-refractivity contribution in [2.45, 2.75) is 58.3 Å². The van der Waals surface area contributed by atoms with Crippen molar-refractivity contribution in [1.82, 2.24) is 20.1 Å². The van der Waals surface area contributed by atoms with Crippen LogP contribution in [-0.2, 0) is 6.54 Å². The number of carbonyl (C=O) groups excluding carboxylic acids is 1. The van der Waals surface area contributed by atoms with E-state index in [1.54, 1.807) is 6.92 Å². The molecule has 0 aliphatic heterocycles. The zero-order chi connectivity index (χ0) is 22.8. The molecule has 170 valence electrons. The fourth-order valence-corrected chi connectivity index (χ4v) is 4.13. The van der Waals surface area contributed by atoms with Crippen molar-refractivity contribution >= 4 is 29.1 Å². The summed E-state index contributed by atoms with van der Waals surface area (Å²) in [5.41, 5.74) is -0.713. The molecule has 1 aliphatic rings. The third kappa shape index (κ3) is 5.45. The molecule has 2 aromatic rings. The number of alkyl halides is 2. The summed E-state index contributed by atoms with van der Waals surface area (Å²) in [4.78, 5) is 16.7. The molecule has 0 spiro atoms. The van der Waals surface area contributed by atoms with Gasteiger partial charge in [-0.3, -0.25) is 9.48 Å². The molecule has 2 heterocycles. The number of carbonyl (C=O) groups is 1. The summed E-state index contributed by atoms with van der Waals surface area (Å²) in [6, 6.07) is 1.14. The van der Waals surface area contributed by atoms with Crippen LogP contribution in [0.1, 0.15) is 50.0 Å². The number of pyridine rings is 1. The summed E-state index contributed by atoms with van der Waals surface area (Å²) in [6.07, 6.45) is 4.21. The van der Waals surface area contributed by atoms with E-state index >= 15 is 0 Å². The van der Waals surface area contributed by atoms with Crippen LogP contribution in [0, 0.1) is 5.92 Å². The predicted octanol–water partition coefficient (Wildman–Crippen LogP) is 4.54. The summed E-state index contributed by atoms with van der Waals surface area (Å²) < 4.78 is 31.7. The molecule has 1 amide bonds. The summed E-state index contributed by atoms with van der Waals surface area (Å²) in [5, 5.41) is 17.6. The van der Waals surface area contributed by atoms with E-state index in [-0.39, 0.29) is 39.4 Å². The minimum absolute atomic E-state index is 0.0353. The molecular formula is C20H24Cl2F2N4O3. The van der Waals surface area contributed by atoms with Crippen molar-refractivity contribution in [3.05, 3.63) is 28.1 Å². The molecule has 1 aliphatic carbocycles. The number of nitrogens with zero attached hydrogens (tertiary/aromatic N) is 3. The first kappa shape index (κ1) is 23.7. The van der Waals surface area contributed by atoms with Crippen molar-refractivity contribution < 1.29 is 23.4 Å². The molecular weight excluding hydrogens is 453 g/mol. The number of hydrogen-bond acceptors (Lipinski definition) is 5. The zero-order valence-corrected chi connectivity index (χ0v) is 18.7. The molecule has 2 aromatic heterocycles. The molecule has 31 heavy (non-hydrogen) atoms. The van der Waals surface area contributed by atoms with Crippen LogP contribution in [0.4, 0.5) is 8.78 Å². The third-order valence-corrected chi connectivity index (χ3v) is 6.06. The van der Waals surface area contributed by atoms with Crippen LogP contribution in [0.3, 0.4) is 0 Å². The van der Waals surface area contributed by atoms with Gasteiger partial charge in [0.2, 0.25) is 0 Å². The van der Waals surface area contributed by atoms with Crippen LogP contribution in [-0.4, -0.2) is 44.5 Å². The van der Waals surface area contributed by atoms with E-state index in [0.717, 1.165) is 18.9 Å². The molecule has 7 nitrogen and oxygen atoms in total. The molecule has 1 fully saturated rings. The van der Waals surface area contributed by atoms with Crippen molar-refractivity contribution in [3.8, 4) is 17.0 Å². The quantitative estimate of drug-likeness (QED) is 0.572. The molecule has 3 rings (SSSR count). The Balaban J connectivity index is 1.88. The second-order valence-electron chi connectivity index (χ2n) is 7.80. The molecule has 0 atom stereocenters. The fraction of sp³-hybridized carbons (Fsp3) is 0.550. The Morgan fingerprint density at radius 2 is 2.10 bits per heavy atom. The maximum absolute atomic E-state index is 12.9. The van der Waals surface area contributed by atoms with Gasteiger partial charge in [-0.05, 0) is 38.5 Å². The summed E-state index contributed by atoms with van der Waals surface area (Å²) in [7, 11) is 0. The van der Waals surface area contributed by atoms with Crippen molar-refractivity contribution in [3.63, 3.8) is 0 Å². The lowest BCUT2D eigenvalue weighted by molar-refractivity contribution is -0.0495. The summed E-state index contributed by atoms with van der Waals surface area (Å²) >= 11 is 12.3. The lowest BCUT2D eigenvalue weighted by Crippen LogP contribution is -2.45. The van der Waals surface area contributed by atoms with E-state index in [1.165, 1.54) is 10.9 Å². The fourth-order valence-electron chi connectivity index (χ4n) is 3.66. The van der Waals surface area contributed by atoms with Crippen molar-refractivity contribution in [2.24, 2.45) is 5.92 Å². The van der Waals surface area contributed by atoms with Crippen LogP contribution < -0.4 is 10.1 Å². The first-order chi connectivity index (χ1) is 14.6. The number of ether oxygens (including phenoxy) is 1. The third-order valence-electron chi connectivity index (χ3n) is 5.50. The highest BCUT2D eigenvalue weighted by Gasteiger charge is 2.33. The van der Waals surface area contributed by atoms with Crippen LogP contribution in [0.5, 0.6) is 5.75 Å². The zero-order valence-electron chi connectivity index (χ0n) is 17.2. The van der Waals surface area contributed by atoms with Gasteiger partial charge in [0.1, 0.15) is 10.9 Å². The Labute approximate surface area is 188 Å². The van der Waals surface area contributed by atoms with Gasteiger partial charge in [0.15, 0.2) is 5.69 Å². The predicted molar refractivity (Wildman–Crippen MR) is 113 cm³/mol. The number of halogens is 4. The molecule has 0 bridgehead atoms. The van der Waals surface area contributed by atoms with Crippen LogP contribution in [0.2, 0.25) is 10.2 Å². The van der Waals surface area contributed by atoms with Crippen molar-refractivity contribution in [2.75, 3.05) is 6.54 Å². The van der Waals surface area contributed by atoms with Gasteiger partial charge < -0.3 is 15.2 Å². The van der Waals surface area contributed by atoms with Gasteiger partial charge in [-0.25, -0.2) is 4.98 Å². The van der Waals surface area contributed by atoms with E-state index in [0.29, 0.717) is 25.3 Å². The first-order valence-corrected chi connectivity index (χ1v) is 10.8. The smallest absolute Gasteiger partial charge is 0.387 e. The Kier molecular flexibility index (Phi) is 7.39. The highest BCUT2D eigenvalue weighted by atomic mass is 35.5. The van der Waals surface area contributed by atoms with E-state index in [1.807, 2.05) is 0 Å². The van der Waals surface area contributed by atoms with Crippen LogP contribution >= 0.6 is 23.2 Å². The molecule has 1 saturated carbocycles. The minimum atomic E-state index is -3.09. The second kappa shape index (κ2) is 9.67. The van der Waals surface area contributed by atoms with Gasteiger partial charge in [-0.15, -0.1) is 0 Å². The van der Waals surface area contributed by atoms with Crippen LogP contribution in [0.25, 0.3) is 11.3 Å². The lowest BCUT2D eigenvalue weighted by atomic mass is 9.79. The average molecular weight is 477 g/mol. The molecule has 0 saturated heterocycles. The topological polar surface area (TPSA) is 89.3 Å². The summed E-state index contributed by atoms with van der Waals surface area (Å²) in [5.74, 6) is -0.251. The largest absolute Gasteiger partial charge is 0.434 e. The van der Waals surface area contributed by atoms with Crippen LogP contribution in [0.15, 0.2) is 12.3 Å². The molecule has 0 radical (unpaired) electrons. The van der Waals surface area contributed by atoms with E-state index in [9.17, 15) is 18.7 Å². The Hall–Kier alpha value is -1.97. The van der Waals surface area contributed by atoms with E-state index in [4.69, 9.17) is 23.2 Å². The highest BCUT2D eigenvalue weighted by molar-refractivity contribution is 6.36. The SMILES string of the molecule is CCn1nc(C(=O)NCC2(O)CCC(C)CC2)c(Cl)c1-c1cnc(Cl)cc1OC(F)F. The van der Waals surface area contributed by atoms with Gasteiger partial charge in [0, 0.05) is 25.4 Å². The van der Waals surface area contributed by atoms with Gasteiger partial charge in [0.25, 0.3) is 5.91 Å². The highest BCUT2D eigenvalue weighted by Crippen LogP contribution is 2.38. The van der Waals surface area contributed by atoms with Crippen molar-refractivity contribution in [1.29, 1.82) is 0 Å². The van der Waals surface area contributed by atoms with E-state index in [2.05, 4.69) is 27.1 Å². The number of aromatic nitrogens is 3. The molecule has 0 unspecified atom stereocenters. The Morgan fingerprint density at radius 3 is 2.71 bits per heavy atom. The minimum Gasteiger partial charge on any atom is -0.434 e. The maximum Gasteiger partial charge on any atom is 0.387 e. The Bertz CT molecular complexity index is 947. The number of aryl methyl sites for hydroxylation is 1. The van der Waals surface area contributed by atoms with Gasteiger partial charge in [-0.1, -0.05) is 30.1 Å². The number of rotatable bonds is 7. The van der Waals surface area contributed by atoms with Gasteiger partial charge >= 0.3 is 6.61 Å². The molecule has 11 heteroatoms. The molecule has 0 aromatic carbocycles. The first-order valence-electron chi connectivity index (χ1n) is 10.0. The van der Waals surface area contributed by atoms with Gasteiger partial charge in [-0.2, -0.15) is 13.9 Å².